The van der Waals surface area contributed by atoms with Crippen LogP contribution in [-0.4, -0.2) is 10.7 Å². The third-order valence-electron chi connectivity index (χ3n) is 3.21. The Labute approximate surface area is 93.9 Å². The Morgan fingerprint density at radius 1 is 1.27 bits per heavy atom. The topological polar surface area (TPSA) is 20.2 Å². The standard InChI is InChI=1S/C14H24O/c1-12(2)13-8-6-4-5-7-10-14(3,15)11-9-13/h4-5,9,11-13,15H,6-8,10H2,1-3H3/b5-4+,11-9+/t13-,14+/m1/s1. The van der Waals surface area contributed by atoms with Gasteiger partial charge in [0.25, 0.3) is 0 Å². The molecule has 0 heterocycles. The van der Waals surface area contributed by atoms with Gasteiger partial charge in [0.2, 0.25) is 0 Å². The van der Waals surface area contributed by atoms with Crippen LogP contribution >= 0.6 is 0 Å². The van der Waals surface area contributed by atoms with Gasteiger partial charge in [-0.3, -0.25) is 0 Å². The summed E-state index contributed by atoms with van der Waals surface area (Å²) in [6.07, 6.45) is 12.8. The Kier molecular flexibility index (Phi) is 4.59. The summed E-state index contributed by atoms with van der Waals surface area (Å²) in [5.41, 5.74) is -0.630. The highest BCUT2D eigenvalue weighted by atomic mass is 16.3. The first-order valence-electron chi connectivity index (χ1n) is 6.08. The average Bonchev–Trinajstić information content (AvgIpc) is 2.14. The summed E-state index contributed by atoms with van der Waals surface area (Å²) in [6.45, 7) is 6.40. The molecule has 0 radical (unpaired) electrons. The fourth-order valence-corrected chi connectivity index (χ4v) is 1.97. The molecule has 1 nitrogen and oxygen atoms in total. The van der Waals surface area contributed by atoms with Crippen LogP contribution in [0.4, 0.5) is 0 Å². The van der Waals surface area contributed by atoms with E-state index in [0.29, 0.717) is 11.8 Å². The smallest absolute Gasteiger partial charge is 0.0802 e. The molecule has 0 amide bonds. The van der Waals surface area contributed by atoms with Crippen molar-refractivity contribution in [2.45, 2.75) is 52.1 Å². The highest BCUT2D eigenvalue weighted by molar-refractivity contribution is 5.04. The molecular weight excluding hydrogens is 184 g/mol. The third-order valence-corrected chi connectivity index (χ3v) is 3.21. The molecule has 0 spiro atoms. The summed E-state index contributed by atoms with van der Waals surface area (Å²) in [4.78, 5) is 0. The number of hydrogen-bond donors (Lipinski definition) is 1. The van der Waals surface area contributed by atoms with Gasteiger partial charge in [-0.25, -0.2) is 0 Å². The van der Waals surface area contributed by atoms with E-state index in [1.54, 1.807) is 0 Å². The van der Waals surface area contributed by atoms with Gasteiger partial charge in [-0.05, 0) is 44.4 Å². The first kappa shape index (κ1) is 12.5. The minimum atomic E-state index is -0.630. The van der Waals surface area contributed by atoms with Crippen LogP contribution < -0.4 is 0 Å². The fourth-order valence-electron chi connectivity index (χ4n) is 1.97. The lowest BCUT2D eigenvalue weighted by Crippen LogP contribution is -2.21. The summed E-state index contributed by atoms with van der Waals surface area (Å²) in [5.74, 6) is 1.25. The third kappa shape index (κ3) is 4.65. The Hall–Kier alpha value is -0.560. The van der Waals surface area contributed by atoms with Crippen LogP contribution in [0.2, 0.25) is 0 Å². The van der Waals surface area contributed by atoms with Gasteiger partial charge in [0.05, 0.1) is 5.60 Å². The van der Waals surface area contributed by atoms with Crippen LogP contribution in [-0.2, 0) is 0 Å². The average molecular weight is 208 g/mol. The SMILES string of the molecule is CC(C)[C@H]1/C=C/[C@@](C)(O)CC/C=C/CC1. The number of rotatable bonds is 1. The van der Waals surface area contributed by atoms with Crippen LogP contribution in [0.25, 0.3) is 0 Å². The molecule has 0 saturated carbocycles. The van der Waals surface area contributed by atoms with Gasteiger partial charge in [0.1, 0.15) is 0 Å². The normalized spacial score (nSPS) is 37.5. The minimum Gasteiger partial charge on any atom is -0.386 e. The molecule has 1 N–H and O–H groups in total. The summed E-state index contributed by atoms with van der Waals surface area (Å²) < 4.78 is 0. The Bertz CT molecular complexity index is 236. The molecule has 0 aromatic heterocycles. The van der Waals surface area contributed by atoms with Gasteiger partial charge < -0.3 is 5.11 Å². The molecule has 0 fully saturated rings. The van der Waals surface area contributed by atoms with E-state index < -0.39 is 5.60 Å². The number of allylic oxidation sites excluding steroid dienone is 3. The maximum Gasteiger partial charge on any atom is 0.0802 e. The largest absolute Gasteiger partial charge is 0.386 e. The lowest BCUT2D eigenvalue weighted by Gasteiger charge is -2.22. The quantitative estimate of drug-likeness (QED) is 0.651. The van der Waals surface area contributed by atoms with Gasteiger partial charge in [-0.15, -0.1) is 0 Å². The van der Waals surface area contributed by atoms with Crippen molar-refractivity contribution in [3.63, 3.8) is 0 Å². The van der Waals surface area contributed by atoms with E-state index in [4.69, 9.17) is 0 Å². The zero-order chi connectivity index (χ0) is 11.3. The number of hydrogen-bond acceptors (Lipinski definition) is 1. The van der Waals surface area contributed by atoms with Crippen LogP contribution in [0.1, 0.15) is 46.5 Å². The first-order valence-corrected chi connectivity index (χ1v) is 6.08. The summed E-state index contributed by atoms with van der Waals surface area (Å²) in [5, 5.41) is 10.1. The molecule has 0 aromatic rings. The molecule has 1 heteroatoms. The van der Waals surface area contributed by atoms with Gasteiger partial charge in [0.15, 0.2) is 0 Å². The maximum atomic E-state index is 10.1. The van der Waals surface area contributed by atoms with E-state index in [0.717, 1.165) is 19.3 Å². The molecule has 0 aromatic carbocycles. The number of aliphatic hydroxyl groups is 1. The summed E-state index contributed by atoms with van der Waals surface area (Å²) >= 11 is 0. The maximum absolute atomic E-state index is 10.1. The van der Waals surface area contributed by atoms with E-state index in [1.165, 1.54) is 6.42 Å². The van der Waals surface area contributed by atoms with Crippen molar-refractivity contribution in [1.29, 1.82) is 0 Å². The fraction of sp³-hybridized carbons (Fsp3) is 0.714. The second-order valence-electron chi connectivity index (χ2n) is 5.21. The molecule has 0 bridgehead atoms. The van der Waals surface area contributed by atoms with Crippen molar-refractivity contribution in [3.8, 4) is 0 Å². The molecule has 0 saturated heterocycles. The summed E-state index contributed by atoms with van der Waals surface area (Å²) in [7, 11) is 0. The molecule has 0 aliphatic heterocycles. The second kappa shape index (κ2) is 5.50. The van der Waals surface area contributed by atoms with E-state index in [-0.39, 0.29) is 0 Å². The van der Waals surface area contributed by atoms with Crippen LogP contribution in [0, 0.1) is 11.8 Å². The van der Waals surface area contributed by atoms with Crippen molar-refractivity contribution >= 4 is 0 Å². The highest BCUT2D eigenvalue weighted by Crippen LogP contribution is 2.23. The molecule has 2 atom stereocenters. The lowest BCUT2D eigenvalue weighted by atomic mass is 9.87. The van der Waals surface area contributed by atoms with E-state index in [1.807, 2.05) is 13.0 Å². The molecular formula is C14H24O. The predicted octanol–water partition coefficient (Wildman–Crippen LogP) is 3.70. The first-order chi connectivity index (χ1) is 7.01. The predicted molar refractivity (Wildman–Crippen MR) is 65.7 cm³/mol. The van der Waals surface area contributed by atoms with E-state index >= 15 is 0 Å². The van der Waals surface area contributed by atoms with Crippen LogP contribution in [0.3, 0.4) is 0 Å². The van der Waals surface area contributed by atoms with Crippen LogP contribution in [0.5, 0.6) is 0 Å². The van der Waals surface area contributed by atoms with E-state index in [2.05, 4.69) is 32.1 Å². The highest BCUT2D eigenvalue weighted by Gasteiger charge is 2.17. The Balaban J connectivity index is 2.71. The second-order valence-corrected chi connectivity index (χ2v) is 5.21. The van der Waals surface area contributed by atoms with Gasteiger partial charge >= 0.3 is 0 Å². The zero-order valence-electron chi connectivity index (χ0n) is 10.2. The molecule has 1 aliphatic carbocycles. The Morgan fingerprint density at radius 3 is 2.60 bits per heavy atom. The minimum absolute atomic E-state index is 0.597. The van der Waals surface area contributed by atoms with E-state index in [9.17, 15) is 5.11 Å². The van der Waals surface area contributed by atoms with Gasteiger partial charge in [0, 0.05) is 0 Å². The van der Waals surface area contributed by atoms with Crippen molar-refractivity contribution < 1.29 is 5.11 Å². The lowest BCUT2D eigenvalue weighted by molar-refractivity contribution is 0.102. The molecule has 1 aliphatic rings. The zero-order valence-corrected chi connectivity index (χ0v) is 10.2. The van der Waals surface area contributed by atoms with Gasteiger partial charge in [-0.1, -0.05) is 38.2 Å². The Morgan fingerprint density at radius 2 is 1.93 bits per heavy atom. The monoisotopic (exact) mass is 208 g/mol. The van der Waals surface area contributed by atoms with Gasteiger partial charge in [-0.2, -0.15) is 0 Å². The van der Waals surface area contributed by atoms with Crippen LogP contribution in [0.15, 0.2) is 24.3 Å². The van der Waals surface area contributed by atoms with Crippen molar-refractivity contribution in [2.75, 3.05) is 0 Å². The van der Waals surface area contributed by atoms with Crippen molar-refractivity contribution in [1.82, 2.24) is 0 Å². The molecule has 86 valence electrons. The van der Waals surface area contributed by atoms with Crippen molar-refractivity contribution in [2.24, 2.45) is 11.8 Å². The molecule has 0 unspecified atom stereocenters. The summed E-state index contributed by atoms with van der Waals surface area (Å²) in [6, 6.07) is 0. The molecule has 15 heavy (non-hydrogen) atoms. The van der Waals surface area contributed by atoms with Crippen molar-refractivity contribution in [3.05, 3.63) is 24.3 Å². The molecule has 1 rings (SSSR count).